The molecule has 0 aromatic carbocycles. The number of ether oxygens (including phenoxy) is 1. The first-order chi connectivity index (χ1) is 9.43. The third kappa shape index (κ3) is 5.03. The minimum atomic E-state index is -0.755. The molecule has 112 valence electrons. The van der Waals surface area contributed by atoms with E-state index in [1.807, 2.05) is 26.8 Å². The average Bonchev–Trinajstić information content (AvgIpc) is 2.71. The predicted octanol–water partition coefficient (Wildman–Crippen LogP) is 1.35. The molecule has 6 nitrogen and oxygen atoms in total. The lowest BCUT2D eigenvalue weighted by molar-refractivity contribution is -0.155. The molecule has 1 rings (SSSR count). The third-order valence-corrected chi connectivity index (χ3v) is 2.86. The maximum Gasteiger partial charge on any atom is 0.308 e. The summed E-state index contributed by atoms with van der Waals surface area (Å²) in [4.78, 5) is 23.2. The van der Waals surface area contributed by atoms with Crippen LogP contribution < -0.4 is 5.32 Å². The van der Waals surface area contributed by atoms with Crippen LogP contribution in [0.15, 0.2) is 6.07 Å². The van der Waals surface area contributed by atoms with Crippen LogP contribution in [-0.2, 0) is 20.9 Å². The molecule has 1 heterocycles. The van der Waals surface area contributed by atoms with E-state index in [-0.39, 0.29) is 12.3 Å². The zero-order valence-corrected chi connectivity index (χ0v) is 12.6. The molecule has 0 aliphatic heterocycles. The molecular formula is C14H23N3O3. The van der Waals surface area contributed by atoms with Gasteiger partial charge in [-0.3, -0.25) is 14.3 Å². The molecule has 1 atom stereocenters. The highest BCUT2D eigenvalue weighted by atomic mass is 16.5. The van der Waals surface area contributed by atoms with Gasteiger partial charge in [0.15, 0.2) is 6.10 Å². The van der Waals surface area contributed by atoms with Gasteiger partial charge in [-0.15, -0.1) is 0 Å². The summed E-state index contributed by atoms with van der Waals surface area (Å²) in [6.45, 7) is 8.43. The lowest BCUT2D eigenvalue weighted by atomic mass is 10.3. The van der Waals surface area contributed by atoms with Crippen LogP contribution in [0.4, 0.5) is 0 Å². The Morgan fingerprint density at radius 3 is 2.70 bits per heavy atom. The molecule has 0 aliphatic rings. The number of aromatic nitrogens is 2. The van der Waals surface area contributed by atoms with Crippen LogP contribution in [0.1, 0.15) is 38.1 Å². The van der Waals surface area contributed by atoms with Gasteiger partial charge in [0.25, 0.3) is 5.91 Å². The first kappa shape index (κ1) is 16.2. The van der Waals surface area contributed by atoms with Gasteiger partial charge in [0, 0.05) is 12.2 Å². The summed E-state index contributed by atoms with van der Waals surface area (Å²) in [5.74, 6) is -0.650. The quantitative estimate of drug-likeness (QED) is 0.766. The first-order valence-corrected chi connectivity index (χ1v) is 6.92. The zero-order valence-electron chi connectivity index (χ0n) is 12.6. The van der Waals surface area contributed by atoms with E-state index in [9.17, 15) is 9.59 Å². The molecule has 1 aromatic heterocycles. The van der Waals surface area contributed by atoms with Crippen molar-refractivity contribution in [3.8, 4) is 0 Å². The SMILES string of the molecule is CCCNC(=O)C(C)OC(=O)CCn1nc(C)cc1C. The Bertz CT molecular complexity index is 468. The third-order valence-electron chi connectivity index (χ3n) is 2.86. The van der Waals surface area contributed by atoms with Crippen molar-refractivity contribution in [2.24, 2.45) is 0 Å². The minimum absolute atomic E-state index is 0.202. The molecule has 20 heavy (non-hydrogen) atoms. The molecule has 0 fully saturated rings. The summed E-state index contributed by atoms with van der Waals surface area (Å²) in [5, 5.41) is 6.96. The van der Waals surface area contributed by atoms with Gasteiger partial charge in [-0.2, -0.15) is 5.10 Å². The van der Waals surface area contributed by atoms with Gasteiger partial charge in [-0.05, 0) is 33.3 Å². The second kappa shape index (κ2) is 7.67. The van der Waals surface area contributed by atoms with E-state index in [1.54, 1.807) is 11.6 Å². The zero-order chi connectivity index (χ0) is 15.1. The average molecular weight is 281 g/mol. The van der Waals surface area contributed by atoms with Crippen LogP contribution in [0, 0.1) is 13.8 Å². The van der Waals surface area contributed by atoms with E-state index in [2.05, 4.69) is 10.4 Å². The Morgan fingerprint density at radius 1 is 1.45 bits per heavy atom. The number of carbonyl (C=O) groups is 2. The summed E-state index contributed by atoms with van der Waals surface area (Å²) in [7, 11) is 0. The van der Waals surface area contributed by atoms with Gasteiger partial charge in [-0.25, -0.2) is 0 Å². The van der Waals surface area contributed by atoms with Crippen molar-refractivity contribution in [1.82, 2.24) is 15.1 Å². The highest BCUT2D eigenvalue weighted by Gasteiger charge is 2.17. The van der Waals surface area contributed by atoms with Gasteiger partial charge in [0.1, 0.15) is 0 Å². The van der Waals surface area contributed by atoms with Crippen LogP contribution in [0.5, 0.6) is 0 Å². The lowest BCUT2D eigenvalue weighted by Crippen LogP contribution is -2.36. The minimum Gasteiger partial charge on any atom is -0.452 e. The van der Waals surface area contributed by atoms with Crippen molar-refractivity contribution in [2.45, 2.75) is 53.2 Å². The van der Waals surface area contributed by atoms with E-state index in [0.717, 1.165) is 17.8 Å². The van der Waals surface area contributed by atoms with E-state index in [4.69, 9.17) is 4.74 Å². The summed E-state index contributed by atoms with van der Waals surface area (Å²) in [6.07, 6.45) is 0.298. The number of carbonyl (C=O) groups excluding carboxylic acids is 2. The molecule has 0 bridgehead atoms. The van der Waals surface area contributed by atoms with E-state index < -0.39 is 12.1 Å². The summed E-state index contributed by atoms with van der Waals surface area (Å²) < 4.78 is 6.85. The second-order valence-corrected chi connectivity index (χ2v) is 4.82. The number of hydrogen-bond acceptors (Lipinski definition) is 4. The van der Waals surface area contributed by atoms with Crippen LogP contribution in [0.25, 0.3) is 0 Å². The highest BCUT2D eigenvalue weighted by molar-refractivity contribution is 5.83. The Balaban J connectivity index is 2.36. The largest absolute Gasteiger partial charge is 0.452 e. The van der Waals surface area contributed by atoms with E-state index >= 15 is 0 Å². The van der Waals surface area contributed by atoms with Crippen molar-refractivity contribution in [3.63, 3.8) is 0 Å². The lowest BCUT2D eigenvalue weighted by Gasteiger charge is -2.13. The molecule has 0 saturated heterocycles. The molecule has 1 amide bonds. The molecule has 0 radical (unpaired) electrons. The number of nitrogens with zero attached hydrogens (tertiary/aromatic N) is 2. The topological polar surface area (TPSA) is 73.2 Å². The van der Waals surface area contributed by atoms with Crippen LogP contribution in [0.3, 0.4) is 0 Å². The first-order valence-electron chi connectivity index (χ1n) is 6.92. The Kier molecular flexibility index (Phi) is 6.21. The van der Waals surface area contributed by atoms with Crippen LogP contribution in [0.2, 0.25) is 0 Å². The fourth-order valence-corrected chi connectivity index (χ4v) is 1.80. The van der Waals surface area contributed by atoms with Gasteiger partial charge < -0.3 is 10.1 Å². The van der Waals surface area contributed by atoms with Crippen molar-refractivity contribution >= 4 is 11.9 Å². The predicted molar refractivity (Wildman–Crippen MR) is 75.2 cm³/mol. The monoisotopic (exact) mass is 281 g/mol. The van der Waals surface area contributed by atoms with Crippen molar-refractivity contribution in [3.05, 3.63) is 17.5 Å². The van der Waals surface area contributed by atoms with Crippen molar-refractivity contribution in [1.29, 1.82) is 0 Å². The van der Waals surface area contributed by atoms with Crippen molar-refractivity contribution < 1.29 is 14.3 Å². The van der Waals surface area contributed by atoms with Crippen LogP contribution in [-0.4, -0.2) is 34.3 Å². The molecule has 1 N–H and O–H groups in total. The normalized spacial score (nSPS) is 12.0. The Morgan fingerprint density at radius 2 is 2.15 bits per heavy atom. The summed E-state index contributed by atoms with van der Waals surface area (Å²) in [5.41, 5.74) is 1.92. The maximum atomic E-state index is 11.7. The summed E-state index contributed by atoms with van der Waals surface area (Å²) in [6, 6.07) is 1.95. The molecule has 1 unspecified atom stereocenters. The fraction of sp³-hybridized carbons (Fsp3) is 0.643. The van der Waals surface area contributed by atoms with Crippen LogP contribution >= 0.6 is 0 Å². The smallest absolute Gasteiger partial charge is 0.308 e. The standard InChI is InChI=1S/C14H23N3O3/c1-5-7-15-14(19)12(4)20-13(18)6-8-17-11(3)9-10(2)16-17/h9,12H,5-8H2,1-4H3,(H,15,19). The molecule has 0 spiro atoms. The second-order valence-electron chi connectivity index (χ2n) is 4.82. The molecular weight excluding hydrogens is 258 g/mol. The molecule has 6 heteroatoms. The maximum absolute atomic E-state index is 11.7. The van der Waals surface area contributed by atoms with Gasteiger partial charge >= 0.3 is 5.97 Å². The molecule has 1 aromatic rings. The van der Waals surface area contributed by atoms with E-state index in [0.29, 0.717) is 13.1 Å². The fourth-order valence-electron chi connectivity index (χ4n) is 1.80. The van der Waals surface area contributed by atoms with E-state index in [1.165, 1.54) is 0 Å². The van der Waals surface area contributed by atoms with Gasteiger partial charge in [0.05, 0.1) is 18.7 Å². The Hall–Kier alpha value is -1.85. The number of nitrogens with one attached hydrogen (secondary N) is 1. The summed E-state index contributed by atoms with van der Waals surface area (Å²) >= 11 is 0. The van der Waals surface area contributed by atoms with Gasteiger partial charge in [-0.1, -0.05) is 6.92 Å². The number of rotatable bonds is 7. The highest BCUT2D eigenvalue weighted by Crippen LogP contribution is 2.04. The molecule has 0 saturated carbocycles. The Labute approximate surface area is 119 Å². The number of esters is 1. The van der Waals surface area contributed by atoms with Crippen molar-refractivity contribution in [2.75, 3.05) is 6.54 Å². The number of hydrogen-bond donors (Lipinski definition) is 1. The number of aryl methyl sites for hydroxylation is 3. The molecule has 0 aliphatic carbocycles. The van der Waals surface area contributed by atoms with Gasteiger partial charge in [0.2, 0.25) is 0 Å². The number of amides is 1.